The number of rotatable bonds is 7. The van der Waals surface area contributed by atoms with Gasteiger partial charge in [0.05, 0.1) is 5.69 Å². The molecule has 0 saturated carbocycles. The van der Waals surface area contributed by atoms with E-state index < -0.39 is 24.0 Å². The number of imide groups is 1. The molecule has 2 unspecified atom stereocenters. The smallest absolute Gasteiger partial charge is 0.332 e. The first-order valence-electron chi connectivity index (χ1n) is 10.2. The van der Waals surface area contributed by atoms with E-state index in [9.17, 15) is 24.3 Å². The number of carbonyl (C=O) groups is 4. The van der Waals surface area contributed by atoms with Crippen molar-refractivity contribution in [3.05, 3.63) is 65.2 Å². The number of carbonyl (C=O) groups excluding carboxylic acids is 3. The van der Waals surface area contributed by atoms with Crippen molar-refractivity contribution < 1.29 is 24.3 Å². The first-order chi connectivity index (χ1) is 15.4. The van der Waals surface area contributed by atoms with Gasteiger partial charge in [-0.3, -0.25) is 9.59 Å². The highest BCUT2D eigenvalue weighted by molar-refractivity contribution is 7.98. The molecule has 2 aliphatic heterocycles. The minimum atomic E-state index is -1.09. The topological polar surface area (TPSA) is 107 Å². The van der Waals surface area contributed by atoms with Crippen molar-refractivity contribution >= 4 is 41.3 Å². The van der Waals surface area contributed by atoms with Crippen LogP contribution in [0.15, 0.2) is 48.5 Å². The van der Waals surface area contributed by atoms with E-state index in [0.717, 1.165) is 16.0 Å². The Morgan fingerprint density at radius 3 is 2.47 bits per heavy atom. The SMILES string of the molecule is CSCCC(NC(=O)c1ccc(N2C(=O)C3Cc4ccccc4CN3C2=O)cc1)C(=O)O. The number of aliphatic carboxylic acids is 1. The van der Waals surface area contributed by atoms with Crippen molar-refractivity contribution in [1.29, 1.82) is 0 Å². The maximum absolute atomic E-state index is 13.0. The van der Waals surface area contributed by atoms with E-state index in [1.165, 1.54) is 36.0 Å². The van der Waals surface area contributed by atoms with Crippen LogP contribution < -0.4 is 10.2 Å². The monoisotopic (exact) mass is 453 g/mol. The molecule has 32 heavy (non-hydrogen) atoms. The first-order valence-corrected chi connectivity index (χ1v) is 11.6. The van der Waals surface area contributed by atoms with E-state index >= 15 is 0 Å². The van der Waals surface area contributed by atoms with Crippen LogP contribution in [0.1, 0.15) is 27.9 Å². The standard InChI is InChI=1S/C23H23N3O5S/c1-32-11-10-18(22(29)30)24-20(27)14-6-8-17(9-7-14)26-21(28)19-12-15-4-2-3-5-16(15)13-25(19)23(26)31/h2-9,18-19H,10-13H2,1H3,(H,24,27)(H,29,30). The van der Waals surface area contributed by atoms with Crippen LogP contribution >= 0.6 is 11.8 Å². The average Bonchev–Trinajstić information content (AvgIpc) is 3.04. The van der Waals surface area contributed by atoms with Crippen molar-refractivity contribution in [2.45, 2.75) is 31.5 Å². The third-order valence-electron chi connectivity index (χ3n) is 5.79. The number of nitrogens with one attached hydrogen (secondary N) is 1. The minimum Gasteiger partial charge on any atom is -0.480 e. The van der Waals surface area contributed by atoms with E-state index in [1.807, 2.05) is 30.5 Å². The van der Waals surface area contributed by atoms with Crippen molar-refractivity contribution in [1.82, 2.24) is 10.2 Å². The molecule has 0 aliphatic carbocycles. The Morgan fingerprint density at radius 2 is 1.81 bits per heavy atom. The Kier molecular flexibility index (Phi) is 6.18. The molecule has 0 spiro atoms. The van der Waals surface area contributed by atoms with Gasteiger partial charge in [-0.2, -0.15) is 11.8 Å². The molecule has 2 aromatic carbocycles. The highest BCUT2D eigenvalue weighted by Crippen LogP contribution is 2.32. The fourth-order valence-electron chi connectivity index (χ4n) is 4.05. The summed E-state index contributed by atoms with van der Waals surface area (Å²) in [7, 11) is 0. The zero-order chi connectivity index (χ0) is 22.8. The van der Waals surface area contributed by atoms with Crippen LogP contribution in [-0.2, 0) is 22.6 Å². The number of benzene rings is 2. The second kappa shape index (κ2) is 9.04. The third-order valence-corrected chi connectivity index (χ3v) is 6.44. The van der Waals surface area contributed by atoms with E-state index in [2.05, 4.69) is 5.32 Å². The Hall–Kier alpha value is -3.33. The lowest BCUT2D eigenvalue weighted by atomic mass is 9.95. The number of anilines is 1. The van der Waals surface area contributed by atoms with Gasteiger partial charge >= 0.3 is 12.0 Å². The molecule has 1 saturated heterocycles. The zero-order valence-corrected chi connectivity index (χ0v) is 18.3. The summed E-state index contributed by atoms with van der Waals surface area (Å²) < 4.78 is 0. The number of amides is 4. The summed E-state index contributed by atoms with van der Waals surface area (Å²) in [5.41, 5.74) is 2.74. The highest BCUT2D eigenvalue weighted by atomic mass is 32.2. The predicted molar refractivity (Wildman–Crippen MR) is 121 cm³/mol. The lowest BCUT2D eigenvalue weighted by Gasteiger charge is -2.28. The van der Waals surface area contributed by atoms with Gasteiger partial charge in [0.15, 0.2) is 0 Å². The number of urea groups is 1. The fraction of sp³-hybridized carbons (Fsp3) is 0.304. The summed E-state index contributed by atoms with van der Waals surface area (Å²) in [6.07, 6.45) is 2.66. The lowest BCUT2D eigenvalue weighted by molar-refractivity contribution is -0.139. The molecule has 2 aromatic rings. The quantitative estimate of drug-likeness (QED) is 0.624. The van der Waals surface area contributed by atoms with Crippen LogP contribution in [-0.4, -0.2) is 57.9 Å². The molecular formula is C23H23N3O5S. The van der Waals surface area contributed by atoms with Gasteiger partial charge in [0.2, 0.25) is 0 Å². The summed E-state index contributed by atoms with van der Waals surface area (Å²) in [5, 5.41) is 11.8. The summed E-state index contributed by atoms with van der Waals surface area (Å²) in [4.78, 5) is 52.6. The number of hydrogen-bond acceptors (Lipinski definition) is 5. The molecule has 2 N–H and O–H groups in total. The molecule has 0 aromatic heterocycles. The second-order valence-electron chi connectivity index (χ2n) is 7.77. The van der Waals surface area contributed by atoms with Gasteiger partial charge in [-0.25, -0.2) is 14.5 Å². The van der Waals surface area contributed by atoms with Crippen LogP contribution in [0.2, 0.25) is 0 Å². The van der Waals surface area contributed by atoms with Gasteiger partial charge in [0, 0.05) is 18.5 Å². The number of carboxylic acids is 1. The molecule has 4 rings (SSSR count). The Balaban J connectivity index is 1.49. The number of carboxylic acid groups (broad SMARTS) is 1. The number of thioether (sulfide) groups is 1. The molecule has 2 aliphatic rings. The van der Waals surface area contributed by atoms with Gasteiger partial charge in [-0.1, -0.05) is 24.3 Å². The molecule has 9 heteroatoms. The van der Waals surface area contributed by atoms with Crippen LogP contribution in [0.4, 0.5) is 10.5 Å². The molecule has 1 fully saturated rings. The summed E-state index contributed by atoms with van der Waals surface area (Å²) in [5.74, 6) is -1.28. The summed E-state index contributed by atoms with van der Waals surface area (Å²) in [6.45, 7) is 0.384. The minimum absolute atomic E-state index is 0.258. The predicted octanol–water partition coefficient (Wildman–Crippen LogP) is 2.52. The molecule has 166 valence electrons. The van der Waals surface area contributed by atoms with Gasteiger partial charge in [-0.15, -0.1) is 0 Å². The lowest BCUT2D eigenvalue weighted by Crippen LogP contribution is -2.41. The molecule has 4 amide bonds. The van der Waals surface area contributed by atoms with Crippen LogP contribution in [0, 0.1) is 0 Å². The molecular weight excluding hydrogens is 430 g/mol. The van der Waals surface area contributed by atoms with Crippen molar-refractivity contribution in [2.75, 3.05) is 16.9 Å². The largest absolute Gasteiger partial charge is 0.480 e. The van der Waals surface area contributed by atoms with Gasteiger partial charge in [0.1, 0.15) is 12.1 Å². The van der Waals surface area contributed by atoms with E-state index in [4.69, 9.17) is 0 Å². The summed E-state index contributed by atoms with van der Waals surface area (Å²) >= 11 is 1.50. The van der Waals surface area contributed by atoms with E-state index in [1.54, 1.807) is 4.90 Å². The molecule has 0 bridgehead atoms. The average molecular weight is 454 g/mol. The van der Waals surface area contributed by atoms with Crippen molar-refractivity contribution in [3.63, 3.8) is 0 Å². The number of nitrogens with zero attached hydrogens (tertiary/aromatic N) is 2. The zero-order valence-electron chi connectivity index (χ0n) is 17.5. The van der Waals surface area contributed by atoms with E-state index in [-0.39, 0.29) is 17.5 Å². The fourth-order valence-corrected chi connectivity index (χ4v) is 4.52. The number of hydrogen-bond donors (Lipinski definition) is 2. The Morgan fingerprint density at radius 1 is 1.12 bits per heavy atom. The van der Waals surface area contributed by atoms with Gasteiger partial charge in [-0.05, 0) is 53.8 Å². The molecule has 0 radical (unpaired) electrons. The first kappa shape index (κ1) is 21.9. The van der Waals surface area contributed by atoms with Gasteiger partial charge in [0.25, 0.3) is 11.8 Å². The molecule has 2 heterocycles. The second-order valence-corrected chi connectivity index (χ2v) is 8.75. The maximum Gasteiger partial charge on any atom is 0.332 e. The normalized spacial score (nSPS) is 18.2. The van der Waals surface area contributed by atoms with Gasteiger partial charge < -0.3 is 15.3 Å². The number of fused-ring (bicyclic) bond motifs is 2. The Bertz CT molecular complexity index is 1030. The maximum atomic E-state index is 13.0. The third kappa shape index (κ3) is 4.08. The van der Waals surface area contributed by atoms with Crippen LogP contribution in [0.5, 0.6) is 0 Å². The summed E-state index contributed by atoms with van der Waals surface area (Å²) in [6, 6.07) is 11.9. The Labute approximate surface area is 189 Å². The molecule has 8 nitrogen and oxygen atoms in total. The van der Waals surface area contributed by atoms with Crippen LogP contribution in [0.25, 0.3) is 0 Å². The highest BCUT2D eigenvalue weighted by Gasteiger charge is 2.47. The van der Waals surface area contributed by atoms with E-state index in [0.29, 0.717) is 30.8 Å². The molecule has 2 atom stereocenters. The van der Waals surface area contributed by atoms with Crippen molar-refractivity contribution in [2.24, 2.45) is 0 Å². The van der Waals surface area contributed by atoms with Crippen molar-refractivity contribution in [3.8, 4) is 0 Å². The van der Waals surface area contributed by atoms with Crippen LogP contribution in [0.3, 0.4) is 0 Å².